The molecule has 1 aromatic heterocycles. The van der Waals surface area contributed by atoms with Crippen LogP contribution in [0.1, 0.15) is 24.2 Å². The van der Waals surface area contributed by atoms with E-state index in [0.717, 1.165) is 43.0 Å². The maximum Gasteiger partial charge on any atom is 0.317 e. The Morgan fingerprint density at radius 2 is 2.14 bits per heavy atom. The van der Waals surface area contributed by atoms with Crippen molar-refractivity contribution in [1.82, 2.24) is 19.8 Å². The molecule has 5 nitrogen and oxygen atoms in total. The first-order valence-electron chi connectivity index (χ1n) is 7.46. The van der Waals surface area contributed by atoms with Crippen molar-refractivity contribution >= 4 is 6.03 Å². The molecule has 0 aliphatic carbocycles. The highest BCUT2D eigenvalue weighted by molar-refractivity contribution is 5.74. The van der Waals surface area contributed by atoms with Crippen LogP contribution in [0.25, 0.3) is 5.69 Å². The Kier molecular flexibility index (Phi) is 4.09. The molecule has 6 heteroatoms. The zero-order chi connectivity index (χ0) is 15.5. The van der Waals surface area contributed by atoms with Crippen LogP contribution in [0, 0.1) is 12.7 Å². The summed E-state index contributed by atoms with van der Waals surface area (Å²) in [5.74, 6) is 0.505. The number of aromatic nitrogens is 2. The van der Waals surface area contributed by atoms with Gasteiger partial charge in [-0.05, 0) is 43.5 Å². The number of nitrogens with one attached hydrogen (secondary N) is 1. The van der Waals surface area contributed by atoms with Gasteiger partial charge in [0.2, 0.25) is 0 Å². The molecule has 0 unspecified atom stereocenters. The second kappa shape index (κ2) is 6.17. The van der Waals surface area contributed by atoms with Crippen molar-refractivity contribution in [3.8, 4) is 5.69 Å². The Balaban J connectivity index is 1.79. The second-order valence-electron chi connectivity index (χ2n) is 5.47. The summed E-state index contributed by atoms with van der Waals surface area (Å²) in [7, 11) is 0. The number of rotatable bonds is 3. The van der Waals surface area contributed by atoms with Crippen LogP contribution in [0.15, 0.2) is 30.6 Å². The van der Waals surface area contributed by atoms with Gasteiger partial charge in [0, 0.05) is 32.0 Å². The average Bonchev–Trinajstić information content (AvgIpc) is 3.16. The van der Waals surface area contributed by atoms with Gasteiger partial charge in [0.15, 0.2) is 0 Å². The summed E-state index contributed by atoms with van der Waals surface area (Å²) in [4.78, 5) is 18.1. The summed E-state index contributed by atoms with van der Waals surface area (Å²) in [6.45, 7) is 3.76. The molecule has 1 N–H and O–H groups in total. The fourth-order valence-electron chi connectivity index (χ4n) is 2.77. The van der Waals surface area contributed by atoms with Gasteiger partial charge in [-0.3, -0.25) is 0 Å². The third kappa shape index (κ3) is 2.95. The van der Waals surface area contributed by atoms with E-state index < -0.39 is 0 Å². The molecule has 0 bridgehead atoms. The lowest BCUT2D eigenvalue weighted by Crippen LogP contribution is -2.37. The van der Waals surface area contributed by atoms with E-state index in [1.54, 1.807) is 17.2 Å². The molecule has 2 aromatic rings. The van der Waals surface area contributed by atoms with E-state index in [0.29, 0.717) is 6.54 Å². The first kappa shape index (κ1) is 14.6. The summed E-state index contributed by atoms with van der Waals surface area (Å²) < 4.78 is 15.5. The molecule has 116 valence electrons. The SMILES string of the molecule is Cc1nccn1-c1ccc(F)cc1CNC(=O)N1CCCC1. The molecule has 22 heavy (non-hydrogen) atoms. The fraction of sp³-hybridized carbons (Fsp3) is 0.375. The Morgan fingerprint density at radius 1 is 1.36 bits per heavy atom. The number of hydrogen-bond acceptors (Lipinski definition) is 2. The number of carbonyl (C=O) groups is 1. The lowest BCUT2D eigenvalue weighted by Gasteiger charge is -2.18. The first-order valence-corrected chi connectivity index (χ1v) is 7.46. The number of hydrogen-bond donors (Lipinski definition) is 1. The lowest BCUT2D eigenvalue weighted by atomic mass is 10.1. The van der Waals surface area contributed by atoms with Crippen LogP contribution in [0.2, 0.25) is 0 Å². The zero-order valence-corrected chi connectivity index (χ0v) is 12.6. The second-order valence-corrected chi connectivity index (χ2v) is 5.47. The van der Waals surface area contributed by atoms with Gasteiger partial charge in [0.05, 0.1) is 5.69 Å². The molecule has 0 atom stereocenters. The number of amides is 2. The number of nitrogens with zero attached hydrogens (tertiary/aromatic N) is 3. The van der Waals surface area contributed by atoms with Gasteiger partial charge in [-0.15, -0.1) is 0 Å². The van der Waals surface area contributed by atoms with E-state index in [1.165, 1.54) is 12.1 Å². The molecule has 3 rings (SSSR count). The lowest BCUT2D eigenvalue weighted by molar-refractivity contribution is 0.208. The topological polar surface area (TPSA) is 50.2 Å². The minimum absolute atomic E-state index is 0.0879. The Hall–Kier alpha value is -2.37. The number of likely N-dealkylation sites (tertiary alicyclic amines) is 1. The third-order valence-electron chi connectivity index (χ3n) is 3.95. The molecule has 1 fully saturated rings. The fourth-order valence-corrected chi connectivity index (χ4v) is 2.77. The van der Waals surface area contributed by atoms with E-state index >= 15 is 0 Å². The van der Waals surface area contributed by atoms with Gasteiger partial charge >= 0.3 is 6.03 Å². The number of carbonyl (C=O) groups excluding carboxylic acids is 1. The quantitative estimate of drug-likeness (QED) is 0.947. The van der Waals surface area contributed by atoms with E-state index in [4.69, 9.17) is 0 Å². The molecule has 1 aliphatic heterocycles. The molecule has 1 aliphatic rings. The van der Waals surface area contributed by atoms with Crippen molar-refractivity contribution < 1.29 is 9.18 Å². The Bertz CT molecular complexity index is 677. The summed E-state index contributed by atoms with van der Waals surface area (Å²) in [6, 6.07) is 4.50. The molecule has 0 spiro atoms. The molecular formula is C16H19FN4O. The molecule has 0 radical (unpaired) electrons. The maximum atomic E-state index is 13.6. The maximum absolute atomic E-state index is 13.6. The minimum Gasteiger partial charge on any atom is -0.334 e. The van der Waals surface area contributed by atoms with Crippen LogP contribution in [0.4, 0.5) is 9.18 Å². The average molecular weight is 302 g/mol. The molecular weight excluding hydrogens is 283 g/mol. The molecule has 0 saturated carbocycles. The van der Waals surface area contributed by atoms with Crippen LogP contribution in [0.5, 0.6) is 0 Å². The molecule has 1 aromatic carbocycles. The van der Waals surface area contributed by atoms with E-state index in [-0.39, 0.29) is 11.8 Å². The van der Waals surface area contributed by atoms with Crippen molar-refractivity contribution in [3.05, 3.63) is 47.8 Å². The van der Waals surface area contributed by atoms with Crippen molar-refractivity contribution in [1.29, 1.82) is 0 Å². The summed E-state index contributed by atoms with van der Waals surface area (Å²) in [6.07, 6.45) is 5.62. The largest absolute Gasteiger partial charge is 0.334 e. The van der Waals surface area contributed by atoms with Gasteiger partial charge in [-0.1, -0.05) is 0 Å². The minimum atomic E-state index is -0.313. The number of imidazole rings is 1. The highest BCUT2D eigenvalue weighted by Gasteiger charge is 2.18. The smallest absolute Gasteiger partial charge is 0.317 e. The molecule has 1 saturated heterocycles. The standard InChI is InChI=1S/C16H19FN4O/c1-12-18-6-9-21(12)15-5-4-14(17)10-13(15)11-19-16(22)20-7-2-3-8-20/h4-6,9-10H,2-3,7-8,11H2,1H3,(H,19,22). The van der Waals surface area contributed by atoms with Crippen molar-refractivity contribution in [3.63, 3.8) is 0 Å². The summed E-state index contributed by atoms with van der Waals surface area (Å²) in [5.41, 5.74) is 1.56. The monoisotopic (exact) mass is 302 g/mol. The van der Waals surface area contributed by atoms with Crippen LogP contribution in [-0.2, 0) is 6.54 Å². The van der Waals surface area contributed by atoms with Crippen LogP contribution in [-0.4, -0.2) is 33.6 Å². The molecule has 2 heterocycles. The number of urea groups is 1. The highest BCUT2D eigenvalue weighted by Crippen LogP contribution is 2.18. The van der Waals surface area contributed by atoms with E-state index in [1.807, 2.05) is 17.7 Å². The predicted molar refractivity (Wildman–Crippen MR) is 81.3 cm³/mol. The van der Waals surface area contributed by atoms with Gasteiger partial charge in [0.1, 0.15) is 11.6 Å². The highest BCUT2D eigenvalue weighted by atomic mass is 19.1. The van der Waals surface area contributed by atoms with Crippen molar-refractivity contribution in [2.45, 2.75) is 26.3 Å². The zero-order valence-electron chi connectivity index (χ0n) is 12.6. The van der Waals surface area contributed by atoms with E-state index in [2.05, 4.69) is 10.3 Å². The van der Waals surface area contributed by atoms with Crippen molar-refractivity contribution in [2.75, 3.05) is 13.1 Å². The van der Waals surface area contributed by atoms with Gasteiger partial charge < -0.3 is 14.8 Å². The Labute approximate surface area is 128 Å². The van der Waals surface area contributed by atoms with Crippen LogP contribution in [0.3, 0.4) is 0 Å². The number of benzene rings is 1. The van der Waals surface area contributed by atoms with Gasteiger partial charge in [-0.2, -0.15) is 0 Å². The molecule has 2 amide bonds. The van der Waals surface area contributed by atoms with Gasteiger partial charge in [-0.25, -0.2) is 14.2 Å². The summed E-state index contributed by atoms with van der Waals surface area (Å²) >= 11 is 0. The normalized spacial score (nSPS) is 14.4. The van der Waals surface area contributed by atoms with Crippen LogP contribution < -0.4 is 5.32 Å². The Morgan fingerprint density at radius 3 is 2.82 bits per heavy atom. The number of aryl methyl sites for hydroxylation is 1. The number of halogens is 1. The third-order valence-corrected chi connectivity index (χ3v) is 3.95. The van der Waals surface area contributed by atoms with Crippen LogP contribution >= 0.6 is 0 Å². The van der Waals surface area contributed by atoms with Gasteiger partial charge in [0.25, 0.3) is 0 Å². The first-order chi connectivity index (χ1) is 10.6. The summed E-state index contributed by atoms with van der Waals surface area (Å²) in [5, 5.41) is 2.88. The van der Waals surface area contributed by atoms with E-state index in [9.17, 15) is 9.18 Å². The predicted octanol–water partition coefficient (Wildman–Crippen LogP) is 2.63. The van der Waals surface area contributed by atoms with Crippen molar-refractivity contribution in [2.24, 2.45) is 0 Å².